The molecule has 3 rings (SSSR count). The Balaban J connectivity index is 1.55. The molecule has 1 aromatic heterocycles. The van der Waals surface area contributed by atoms with Gasteiger partial charge in [0.15, 0.2) is 5.11 Å². The van der Waals surface area contributed by atoms with Crippen molar-refractivity contribution in [3.05, 3.63) is 64.5 Å². The van der Waals surface area contributed by atoms with Crippen LogP contribution in [-0.4, -0.2) is 14.7 Å². The van der Waals surface area contributed by atoms with Gasteiger partial charge in [-0.1, -0.05) is 34.8 Å². The van der Waals surface area contributed by atoms with Crippen LogP contribution in [0.25, 0.3) is 11.3 Å². The molecule has 2 N–H and O–H groups in total. The Morgan fingerprint density at radius 3 is 2.54 bits per heavy atom. The third-order valence-electron chi connectivity index (χ3n) is 3.83. The van der Waals surface area contributed by atoms with E-state index in [0.29, 0.717) is 11.7 Å². The standard InChI is InChI=1S/C18H18N4S2/c1-12-3-8-16(9-13(12)2)20-18(23)19-10-14-4-6-15(7-5-14)17-11-24-22-21-17/h3-9,11H,10H2,1-2H3,(H2,19,20,23). The van der Waals surface area contributed by atoms with E-state index in [2.05, 4.69) is 58.3 Å². The molecule has 0 radical (unpaired) electrons. The third-order valence-corrected chi connectivity index (χ3v) is 4.58. The molecule has 0 fully saturated rings. The van der Waals surface area contributed by atoms with Crippen LogP contribution in [0.15, 0.2) is 47.8 Å². The number of thiocarbonyl (C=S) groups is 1. The second-order valence-electron chi connectivity index (χ2n) is 5.59. The SMILES string of the molecule is Cc1ccc(NC(=S)NCc2ccc(-c3csnn3)cc2)cc1C. The Kier molecular flexibility index (Phi) is 5.17. The zero-order valence-electron chi connectivity index (χ0n) is 13.5. The molecule has 24 heavy (non-hydrogen) atoms. The van der Waals surface area contributed by atoms with Gasteiger partial charge in [0.25, 0.3) is 0 Å². The quantitative estimate of drug-likeness (QED) is 0.684. The summed E-state index contributed by atoms with van der Waals surface area (Å²) in [6, 6.07) is 14.5. The van der Waals surface area contributed by atoms with Gasteiger partial charge in [-0.25, -0.2) is 0 Å². The lowest BCUT2D eigenvalue weighted by Gasteiger charge is -2.12. The van der Waals surface area contributed by atoms with Crippen molar-refractivity contribution in [1.82, 2.24) is 14.9 Å². The zero-order chi connectivity index (χ0) is 16.9. The van der Waals surface area contributed by atoms with E-state index in [0.717, 1.165) is 22.5 Å². The Labute approximate surface area is 151 Å². The van der Waals surface area contributed by atoms with Crippen LogP contribution in [0.3, 0.4) is 0 Å². The summed E-state index contributed by atoms with van der Waals surface area (Å²) >= 11 is 6.72. The fourth-order valence-electron chi connectivity index (χ4n) is 2.26. The van der Waals surface area contributed by atoms with Crippen LogP contribution in [-0.2, 0) is 6.54 Å². The molecule has 6 heteroatoms. The minimum atomic E-state index is 0.617. The summed E-state index contributed by atoms with van der Waals surface area (Å²) in [7, 11) is 0. The van der Waals surface area contributed by atoms with Crippen molar-refractivity contribution >= 4 is 34.6 Å². The van der Waals surface area contributed by atoms with Crippen LogP contribution in [0.1, 0.15) is 16.7 Å². The van der Waals surface area contributed by atoms with E-state index < -0.39 is 0 Å². The average Bonchev–Trinajstić information content (AvgIpc) is 3.11. The second kappa shape index (κ2) is 7.51. The van der Waals surface area contributed by atoms with Gasteiger partial charge in [0.2, 0.25) is 0 Å². The van der Waals surface area contributed by atoms with Crippen LogP contribution in [0.4, 0.5) is 5.69 Å². The number of hydrogen-bond donors (Lipinski definition) is 2. The maximum Gasteiger partial charge on any atom is 0.171 e. The van der Waals surface area contributed by atoms with Crippen LogP contribution < -0.4 is 10.6 Å². The van der Waals surface area contributed by atoms with Crippen LogP contribution >= 0.6 is 23.8 Å². The first-order chi connectivity index (χ1) is 11.6. The number of nitrogens with one attached hydrogen (secondary N) is 2. The van der Waals surface area contributed by atoms with Crippen molar-refractivity contribution in [3.63, 3.8) is 0 Å². The van der Waals surface area contributed by atoms with E-state index in [1.54, 1.807) is 0 Å². The lowest BCUT2D eigenvalue weighted by Crippen LogP contribution is -2.27. The average molecular weight is 355 g/mol. The highest BCUT2D eigenvalue weighted by molar-refractivity contribution is 7.80. The number of rotatable bonds is 4. The highest BCUT2D eigenvalue weighted by atomic mass is 32.1. The van der Waals surface area contributed by atoms with E-state index in [1.165, 1.54) is 22.7 Å². The summed E-state index contributed by atoms with van der Waals surface area (Å²) < 4.78 is 3.89. The summed E-state index contributed by atoms with van der Waals surface area (Å²) in [6.07, 6.45) is 0. The topological polar surface area (TPSA) is 49.8 Å². The maximum absolute atomic E-state index is 5.36. The number of hydrogen-bond acceptors (Lipinski definition) is 4. The van der Waals surface area contributed by atoms with Crippen molar-refractivity contribution < 1.29 is 0 Å². The number of aromatic nitrogens is 2. The molecule has 0 aliphatic carbocycles. The molecule has 2 aromatic carbocycles. The Morgan fingerprint density at radius 2 is 1.88 bits per heavy atom. The predicted octanol–water partition coefficient (Wildman–Crippen LogP) is 4.31. The summed E-state index contributed by atoms with van der Waals surface area (Å²) in [5.41, 5.74) is 6.66. The summed E-state index contributed by atoms with van der Waals surface area (Å²) in [5.74, 6) is 0. The Hall–Kier alpha value is -2.31. The van der Waals surface area contributed by atoms with E-state index in [4.69, 9.17) is 12.2 Å². The lowest BCUT2D eigenvalue weighted by molar-refractivity contribution is 0.926. The van der Waals surface area contributed by atoms with Crippen molar-refractivity contribution in [1.29, 1.82) is 0 Å². The van der Waals surface area contributed by atoms with E-state index in [-0.39, 0.29) is 0 Å². The van der Waals surface area contributed by atoms with Crippen molar-refractivity contribution in [3.8, 4) is 11.3 Å². The molecule has 0 atom stereocenters. The van der Waals surface area contributed by atoms with E-state index >= 15 is 0 Å². The minimum absolute atomic E-state index is 0.617. The predicted molar refractivity (Wildman–Crippen MR) is 104 cm³/mol. The molecule has 0 aliphatic rings. The first kappa shape index (κ1) is 16.5. The number of benzene rings is 2. The van der Waals surface area contributed by atoms with Crippen LogP contribution in [0, 0.1) is 13.8 Å². The van der Waals surface area contributed by atoms with Crippen LogP contribution in [0.5, 0.6) is 0 Å². The summed E-state index contributed by atoms with van der Waals surface area (Å²) in [6.45, 7) is 4.86. The number of nitrogens with zero attached hydrogens (tertiary/aromatic N) is 2. The monoisotopic (exact) mass is 354 g/mol. The van der Waals surface area contributed by atoms with Crippen LogP contribution in [0.2, 0.25) is 0 Å². The van der Waals surface area contributed by atoms with Gasteiger partial charge in [-0.2, -0.15) is 0 Å². The van der Waals surface area contributed by atoms with Crippen molar-refractivity contribution in [2.75, 3.05) is 5.32 Å². The molecule has 0 unspecified atom stereocenters. The molecule has 0 saturated carbocycles. The molecule has 0 spiro atoms. The van der Waals surface area contributed by atoms with E-state index in [1.807, 2.05) is 23.6 Å². The van der Waals surface area contributed by atoms with Crippen molar-refractivity contribution in [2.24, 2.45) is 0 Å². The van der Waals surface area contributed by atoms with Gasteiger partial charge in [0.1, 0.15) is 5.69 Å². The largest absolute Gasteiger partial charge is 0.358 e. The van der Waals surface area contributed by atoms with Crippen molar-refractivity contribution in [2.45, 2.75) is 20.4 Å². The zero-order valence-corrected chi connectivity index (χ0v) is 15.2. The number of anilines is 1. The first-order valence-electron chi connectivity index (χ1n) is 7.60. The molecule has 0 aliphatic heterocycles. The first-order valence-corrected chi connectivity index (χ1v) is 8.85. The number of aryl methyl sites for hydroxylation is 2. The molecule has 122 valence electrons. The molecular weight excluding hydrogens is 336 g/mol. The van der Waals surface area contributed by atoms with Gasteiger partial charge in [-0.3, -0.25) is 0 Å². The third kappa shape index (κ3) is 4.15. The maximum atomic E-state index is 5.36. The van der Waals surface area contributed by atoms with Gasteiger partial charge in [0, 0.05) is 23.2 Å². The smallest absolute Gasteiger partial charge is 0.171 e. The van der Waals surface area contributed by atoms with Gasteiger partial charge in [-0.15, -0.1) is 5.10 Å². The lowest BCUT2D eigenvalue weighted by atomic mass is 10.1. The van der Waals surface area contributed by atoms with Gasteiger partial charge in [-0.05, 0) is 66.4 Å². The fraction of sp³-hybridized carbons (Fsp3) is 0.167. The molecule has 0 bridgehead atoms. The van der Waals surface area contributed by atoms with Gasteiger partial charge >= 0.3 is 0 Å². The highest BCUT2D eigenvalue weighted by Gasteiger charge is 2.02. The summed E-state index contributed by atoms with van der Waals surface area (Å²) in [5, 5.41) is 13.1. The fourth-order valence-corrected chi connectivity index (χ4v) is 2.92. The van der Waals surface area contributed by atoms with Gasteiger partial charge in [0.05, 0.1) is 0 Å². The van der Waals surface area contributed by atoms with E-state index in [9.17, 15) is 0 Å². The molecular formula is C18H18N4S2. The highest BCUT2D eigenvalue weighted by Crippen LogP contribution is 2.18. The van der Waals surface area contributed by atoms with Gasteiger partial charge < -0.3 is 10.6 Å². The Bertz CT molecular complexity index is 827. The molecule has 0 saturated heterocycles. The normalized spacial score (nSPS) is 10.4. The Morgan fingerprint density at radius 1 is 1.08 bits per heavy atom. The minimum Gasteiger partial charge on any atom is -0.358 e. The molecule has 0 amide bonds. The summed E-state index contributed by atoms with van der Waals surface area (Å²) in [4.78, 5) is 0. The molecule has 1 heterocycles. The molecule has 4 nitrogen and oxygen atoms in total. The second-order valence-corrected chi connectivity index (χ2v) is 6.61. The molecule has 3 aromatic rings.